The molecule has 2 N–H and O–H groups in total. The average molecular weight is 200 g/mol. The van der Waals surface area contributed by atoms with E-state index in [1.807, 2.05) is 0 Å². The van der Waals surface area contributed by atoms with Crippen molar-refractivity contribution >= 4 is 0 Å². The van der Waals surface area contributed by atoms with Gasteiger partial charge in [0.1, 0.15) is 17.5 Å². The molecule has 0 unspecified atom stereocenters. The summed E-state index contributed by atoms with van der Waals surface area (Å²) in [5.41, 5.74) is -1.55. The van der Waals surface area contributed by atoms with Crippen molar-refractivity contribution in [3.05, 3.63) is 23.0 Å². The zero-order valence-corrected chi connectivity index (χ0v) is 6.91. The summed E-state index contributed by atoms with van der Waals surface area (Å²) >= 11 is 0. The standard InChI is InChI=1S/C8H6F2N2O2/c9-8(10)7-4(3-13)6(14)2-12-5(7)1-11/h2,8,13-14H,3H2. The van der Waals surface area contributed by atoms with E-state index in [-0.39, 0.29) is 5.56 Å². The molecule has 0 aromatic carbocycles. The number of nitrogens with zero attached hydrogens (tertiary/aromatic N) is 2. The molecule has 0 fully saturated rings. The van der Waals surface area contributed by atoms with E-state index in [9.17, 15) is 8.78 Å². The molecule has 0 radical (unpaired) electrons. The number of aromatic hydroxyl groups is 1. The van der Waals surface area contributed by atoms with Crippen LogP contribution in [0.15, 0.2) is 6.20 Å². The Morgan fingerprint density at radius 3 is 2.64 bits per heavy atom. The average Bonchev–Trinajstić information content (AvgIpc) is 2.17. The first-order chi connectivity index (χ1) is 6.61. The predicted octanol–water partition coefficient (Wildman–Crippen LogP) is 1.09. The van der Waals surface area contributed by atoms with Gasteiger partial charge >= 0.3 is 0 Å². The number of hydrogen-bond donors (Lipinski definition) is 2. The lowest BCUT2D eigenvalue weighted by Gasteiger charge is -2.08. The number of aromatic nitrogens is 1. The van der Waals surface area contributed by atoms with Crippen molar-refractivity contribution in [1.29, 1.82) is 5.26 Å². The molecule has 0 saturated heterocycles. The Hall–Kier alpha value is -1.74. The molecule has 0 atom stereocenters. The van der Waals surface area contributed by atoms with Gasteiger partial charge in [-0.15, -0.1) is 0 Å². The van der Waals surface area contributed by atoms with Gasteiger partial charge in [0.25, 0.3) is 6.43 Å². The van der Waals surface area contributed by atoms with Gasteiger partial charge in [0.05, 0.1) is 18.4 Å². The maximum Gasteiger partial charge on any atom is 0.267 e. The van der Waals surface area contributed by atoms with Crippen LogP contribution in [0.3, 0.4) is 0 Å². The molecular formula is C8H6F2N2O2. The summed E-state index contributed by atoms with van der Waals surface area (Å²) in [4.78, 5) is 3.32. The third-order valence-electron chi connectivity index (χ3n) is 1.69. The van der Waals surface area contributed by atoms with Gasteiger partial charge in [-0.2, -0.15) is 5.26 Å². The van der Waals surface area contributed by atoms with Crippen LogP contribution in [0.5, 0.6) is 5.75 Å². The second kappa shape index (κ2) is 3.98. The largest absolute Gasteiger partial charge is 0.506 e. The van der Waals surface area contributed by atoms with Crippen molar-refractivity contribution in [3.63, 3.8) is 0 Å². The molecule has 0 aliphatic heterocycles. The summed E-state index contributed by atoms with van der Waals surface area (Å²) in [6.07, 6.45) is -2.10. The van der Waals surface area contributed by atoms with Gasteiger partial charge in [-0.1, -0.05) is 0 Å². The lowest BCUT2D eigenvalue weighted by Crippen LogP contribution is -2.01. The van der Waals surface area contributed by atoms with Gasteiger partial charge in [-0.25, -0.2) is 13.8 Å². The molecule has 0 amide bonds. The van der Waals surface area contributed by atoms with Crippen LogP contribution >= 0.6 is 0 Å². The zero-order valence-electron chi connectivity index (χ0n) is 6.91. The van der Waals surface area contributed by atoms with Crippen molar-refractivity contribution in [1.82, 2.24) is 4.98 Å². The number of nitriles is 1. The van der Waals surface area contributed by atoms with Crippen LogP contribution in [-0.2, 0) is 6.61 Å². The van der Waals surface area contributed by atoms with Crippen molar-refractivity contribution in [2.45, 2.75) is 13.0 Å². The van der Waals surface area contributed by atoms with Gasteiger partial charge in [0.15, 0.2) is 0 Å². The Morgan fingerprint density at radius 2 is 2.21 bits per heavy atom. The van der Waals surface area contributed by atoms with Crippen LogP contribution in [0.25, 0.3) is 0 Å². The number of halogens is 2. The Bertz CT molecular complexity index is 388. The molecule has 4 nitrogen and oxygen atoms in total. The summed E-state index contributed by atoms with van der Waals surface area (Å²) in [6.45, 7) is -0.761. The minimum absolute atomic E-state index is 0.355. The van der Waals surface area contributed by atoms with Crippen LogP contribution in [0.4, 0.5) is 8.78 Å². The fourth-order valence-corrected chi connectivity index (χ4v) is 1.04. The molecule has 0 bridgehead atoms. The van der Waals surface area contributed by atoms with Crippen LogP contribution in [0.1, 0.15) is 23.2 Å². The Balaban J connectivity index is 3.46. The maximum absolute atomic E-state index is 12.4. The van der Waals surface area contributed by atoms with Crippen LogP contribution in [-0.4, -0.2) is 15.2 Å². The third-order valence-corrected chi connectivity index (χ3v) is 1.69. The van der Waals surface area contributed by atoms with Crippen molar-refractivity contribution in [2.24, 2.45) is 0 Å². The first-order valence-electron chi connectivity index (χ1n) is 3.61. The van der Waals surface area contributed by atoms with Gasteiger partial charge in [0.2, 0.25) is 0 Å². The summed E-state index contributed by atoms with van der Waals surface area (Å²) in [6, 6.07) is 1.47. The van der Waals surface area contributed by atoms with Gasteiger partial charge in [-0.3, -0.25) is 0 Å². The van der Waals surface area contributed by atoms with Crippen LogP contribution in [0, 0.1) is 11.3 Å². The van der Waals surface area contributed by atoms with E-state index in [1.165, 1.54) is 6.07 Å². The Kier molecular flexibility index (Phi) is 2.94. The topological polar surface area (TPSA) is 77.1 Å². The number of rotatable bonds is 2. The van der Waals surface area contributed by atoms with Gasteiger partial charge < -0.3 is 10.2 Å². The number of alkyl halides is 2. The van der Waals surface area contributed by atoms with Gasteiger partial charge in [0, 0.05) is 5.56 Å². The third kappa shape index (κ3) is 1.63. The first kappa shape index (κ1) is 10.3. The van der Waals surface area contributed by atoms with E-state index in [1.54, 1.807) is 0 Å². The number of pyridine rings is 1. The molecule has 1 aromatic rings. The van der Waals surface area contributed by atoms with E-state index in [0.29, 0.717) is 0 Å². The molecule has 1 aromatic heterocycles. The molecular weight excluding hydrogens is 194 g/mol. The van der Waals surface area contributed by atoms with E-state index >= 15 is 0 Å². The minimum atomic E-state index is -2.95. The van der Waals surface area contributed by atoms with E-state index < -0.39 is 30.0 Å². The monoisotopic (exact) mass is 200 g/mol. The Labute approximate surface area is 78.1 Å². The number of hydrogen-bond acceptors (Lipinski definition) is 4. The fraction of sp³-hybridized carbons (Fsp3) is 0.250. The summed E-state index contributed by atoms with van der Waals surface area (Å²) in [5, 5.41) is 26.3. The minimum Gasteiger partial charge on any atom is -0.506 e. The molecule has 1 heterocycles. The lowest BCUT2D eigenvalue weighted by molar-refractivity contribution is 0.145. The summed E-state index contributed by atoms with van der Waals surface area (Å²) in [7, 11) is 0. The normalized spacial score (nSPS) is 10.2. The van der Waals surface area contributed by atoms with Crippen LogP contribution < -0.4 is 0 Å². The Morgan fingerprint density at radius 1 is 1.57 bits per heavy atom. The van der Waals surface area contributed by atoms with E-state index in [4.69, 9.17) is 15.5 Å². The molecule has 6 heteroatoms. The van der Waals surface area contributed by atoms with Crippen molar-refractivity contribution in [3.8, 4) is 11.8 Å². The second-order valence-corrected chi connectivity index (χ2v) is 2.45. The summed E-state index contributed by atoms with van der Waals surface area (Å²) < 4.78 is 24.9. The highest BCUT2D eigenvalue weighted by atomic mass is 19.3. The molecule has 0 aliphatic carbocycles. The lowest BCUT2D eigenvalue weighted by atomic mass is 10.1. The predicted molar refractivity (Wildman–Crippen MR) is 41.5 cm³/mol. The molecule has 74 valence electrons. The van der Waals surface area contributed by atoms with E-state index in [2.05, 4.69) is 4.98 Å². The highest BCUT2D eigenvalue weighted by Gasteiger charge is 2.21. The van der Waals surface area contributed by atoms with Crippen molar-refractivity contribution < 1.29 is 19.0 Å². The molecule has 0 spiro atoms. The fourth-order valence-electron chi connectivity index (χ4n) is 1.04. The maximum atomic E-state index is 12.4. The number of aliphatic hydroxyl groups excluding tert-OH is 1. The number of aliphatic hydroxyl groups is 1. The zero-order chi connectivity index (χ0) is 10.7. The quantitative estimate of drug-likeness (QED) is 0.749. The SMILES string of the molecule is N#Cc1ncc(O)c(CO)c1C(F)F. The smallest absolute Gasteiger partial charge is 0.267 e. The van der Waals surface area contributed by atoms with Crippen LogP contribution in [0.2, 0.25) is 0 Å². The van der Waals surface area contributed by atoms with Gasteiger partial charge in [-0.05, 0) is 0 Å². The highest BCUT2D eigenvalue weighted by molar-refractivity contribution is 5.44. The van der Waals surface area contributed by atoms with E-state index in [0.717, 1.165) is 6.20 Å². The molecule has 0 saturated carbocycles. The molecule has 0 aliphatic rings. The molecule has 1 rings (SSSR count). The second-order valence-electron chi connectivity index (χ2n) is 2.45. The van der Waals surface area contributed by atoms with Crippen molar-refractivity contribution in [2.75, 3.05) is 0 Å². The molecule has 14 heavy (non-hydrogen) atoms. The summed E-state index contributed by atoms with van der Waals surface area (Å²) in [5.74, 6) is -0.540. The highest BCUT2D eigenvalue weighted by Crippen LogP contribution is 2.30. The first-order valence-corrected chi connectivity index (χ1v) is 3.61.